The number of aromatic nitrogens is 4. The van der Waals surface area contributed by atoms with Crippen LogP contribution in [0.4, 0.5) is 0 Å². The molecule has 3 rings (SSSR count). The molecule has 2 aromatic rings. The van der Waals surface area contributed by atoms with Gasteiger partial charge >= 0.3 is 0 Å². The Labute approximate surface area is 134 Å². The number of aliphatic hydroxyl groups is 1. The summed E-state index contributed by atoms with van der Waals surface area (Å²) in [4.78, 5) is 20.1. The molecule has 1 amide bonds. The Kier molecular flexibility index (Phi) is 5.09. The number of hydrogen-bond donors (Lipinski definition) is 3. The molecule has 0 saturated carbocycles. The second kappa shape index (κ2) is 6.65. The number of rotatable bonds is 3. The molecule has 0 bridgehead atoms. The van der Waals surface area contributed by atoms with Crippen molar-refractivity contribution in [2.45, 2.75) is 6.10 Å². The number of aliphatic hydroxyl groups excluding tert-OH is 1. The van der Waals surface area contributed by atoms with Crippen LogP contribution in [-0.4, -0.2) is 56.3 Å². The van der Waals surface area contributed by atoms with Crippen LogP contribution in [0.25, 0.3) is 5.78 Å². The van der Waals surface area contributed by atoms with Gasteiger partial charge < -0.3 is 15.7 Å². The minimum atomic E-state index is -0.429. The van der Waals surface area contributed by atoms with Crippen molar-refractivity contribution in [2.75, 3.05) is 19.6 Å². The predicted molar refractivity (Wildman–Crippen MR) is 80.4 cm³/mol. The Hall–Kier alpha value is -1.29. The largest absolute Gasteiger partial charge is 0.391 e. The van der Waals surface area contributed by atoms with E-state index in [4.69, 9.17) is 0 Å². The lowest BCUT2D eigenvalue weighted by molar-refractivity contribution is 0.0917. The van der Waals surface area contributed by atoms with E-state index in [1.54, 1.807) is 12.4 Å². The average molecular weight is 378 g/mol. The first-order valence-electron chi connectivity index (χ1n) is 6.18. The highest BCUT2D eigenvalue weighted by molar-refractivity contribution is 9.10. The zero-order valence-corrected chi connectivity index (χ0v) is 13.3. The first-order chi connectivity index (χ1) is 9.63. The van der Waals surface area contributed by atoms with Crippen molar-refractivity contribution in [3.05, 3.63) is 22.7 Å². The van der Waals surface area contributed by atoms with Crippen LogP contribution in [-0.2, 0) is 0 Å². The second-order valence-electron chi connectivity index (χ2n) is 4.65. The predicted octanol–water partition coefficient (Wildman–Crippen LogP) is -0.381. The molecule has 2 unspecified atom stereocenters. The number of amides is 1. The van der Waals surface area contributed by atoms with Crippen LogP contribution < -0.4 is 10.6 Å². The van der Waals surface area contributed by atoms with E-state index >= 15 is 0 Å². The van der Waals surface area contributed by atoms with Gasteiger partial charge in [-0.1, -0.05) is 0 Å². The summed E-state index contributed by atoms with van der Waals surface area (Å²) in [5.41, 5.74) is 0. The molecule has 1 aliphatic rings. The van der Waals surface area contributed by atoms with Crippen molar-refractivity contribution in [1.82, 2.24) is 30.2 Å². The summed E-state index contributed by atoms with van der Waals surface area (Å²) in [6.07, 6.45) is 2.84. The summed E-state index contributed by atoms with van der Waals surface area (Å²) in [5.74, 6) is 0.0749. The van der Waals surface area contributed by atoms with Gasteiger partial charge in [0.05, 0.1) is 10.6 Å². The van der Waals surface area contributed by atoms with Gasteiger partial charge in [0.25, 0.3) is 11.7 Å². The first kappa shape index (κ1) is 16.1. The number of fused-ring (bicyclic) bond motifs is 1. The number of halogens is 2. The number of nitrogens with zero attached hydrogens (tertiary/aromatic N) is 4. The molecular weight excluding hydrogens is 364 g/mol. The molecule has 0 aromatic carbocycles. The average Bonchev–Trinajstić information content (AvgIpc) is 3.01. The van der Waals surface area contributed by atoms with Crippen LogP contribution in [0.2, 0.25) is 0 Å². The Morgan fingerprint density at radius 3 is 3.10 bits per heavy atom. The number of nitrogens with one attached hydrogen (secondary N) is 2. The molecule has 3 N–H and O–H groups in total. The Balaban J connectivity index is 0.00000161. The lowest BCUT2D eigenvalue weighted by Gasteiger charge is -2.12. The third kappa shape index (κ3) is 3.49. The molecule has 21 heavy (non-hydrogen) atoms. The van der Waals surface area contributed by atoms with E-state index in [0.29, 0.717) is 25.4 Å². The van der Waals surface area contributed by atoms with Crippen molar-refractivity contribution in [2.24, 2.45) is 5.92 Å². The first-order valence-corrected chi connectivity index (χ1v) is 6.97. The van der Waals surface area contributed by atoms with Gasteiger partial charge in [0.15, 0.2) is 0 Å². The Morgan fingerprint density at radius 1 is 1.57 bits per heavy atom. The molecule has 10 heteroatoms. The van der Waals surface area contributed by atoms with Crippen LogP contribution in [0.1, 0.15) is 10.6 Å². The van der Waals surface area contributed by atoms with Gasteiger partial charge in [-0.2, -0.15) is 4.98 Å². The molecule has 8 nitrogen and oxygen atoms in total. The van der Waals surface area contributed by atoms with Gasteiger partial charge in [-0.05, 0) is 15.9 Å². The molecule has 1 saturated heterocycles. The van der Waals surface area contributed by atoms with Crippen LogP contribution in [0.3, 0.4) is 0 Å². The molecule has 3 heterocycles. The van der Waals surface area contributed by atoms with E-state index in [1.807, 2.05) is 0 Å². The SMILES string of the molecule is Cl.O=C(NCC1CNCC1O)c1nc2ncc(Br)cn2n1. The van der Waals surface area contributed by atoms with Crippen molar-refractivity contribution in [3.63, 3.8) is 0 Å². The quantitative estimate of drug-likeness (QED) is 0.673. The highest BCUT2D eigenvalue weighted by Gasteiger charge is 2.25. The highest BCUT2D eigenvalue weighted by atomic mass is 79.9. The van der Waals surface area contributed by atoms with Crippen LogP contribution in [0.15, 0.2) is 16.9 Å². The van der Waals surface area contributed by atoms with Crippen molar-refractivity contribution in [3.8, 4) is 0 Å². The van der Waals surface area contributed by atoms with E-state index in [9.17, 15) is 9.90 Å². The fourth-order valence-electron chi connectivity index (χ4n) is 2.09. The van der Waals surface area contributed by atoms with Crippen LogP contribution >= 0.6 is 28.3 Å². The number of carbonyl (C=O) groups excluding carboxylic acids is 1. The molecule has 2 atom stereocenters. The summed E-state index contributed by atoms with van der Waals surface area (Å²) < 4.78 is 2.19. The summed E-state index contributed by atoms with van der Waals surface area (Å²) in [6.45, 7) is 1.64. The monoisotopic (exact) mass is 376 g/mol. The third-order valence-electron chi connectivity index (χ3n) is 3.19. The fraction of sp³-hybridized carbons (Fsp3) is 0.455. The zero-order valence-electron chi connectivity index (χ0n) is 10.9. The second-order valence-corrected chi connectivity index (χ2v) is 5.56. The van der Waals surface area contributed by atoms with Crippen molar-refractivity contribution >= 4 is 40.0 Å². The molecule has 0 aliphatic carbocycles. The Morgan fingerprint density at radius 2 is 2.38 bits per heavy atom. The lowest BCUT2D eigenvalue weighted by Crippen LogP contribution is -2.34. The van der Waals surface area contributed by atoms with Crippen LogP contribution in [0.5, 0.6) is 0 Å². The molecule has 114 valence electrons. The van der Waals surface area contributed by atoms with Gasteiger partial charge in [0.1, 0.15) is 0 Å². The van der Waals surface area contributed by atoms with E-state index < -0.39 is 6.10 Å². The smallest absolute Gasteiger partial charge is 0.291 e. The molecule has 1 aliphatic heterocycles. The Bertz CT molecular complexity index is 651. The van der Waals surface area contributed by atoms with Gasteiger partial charge in [0.2, 0.25) is 5.82 Å². The fourth-order valence-corrected chi connectivity index (χ4v) is 2.38. The standard InChI is InChI=1S/C11H13BrN6O2.ClH/c12-7-3-15-11-16-9(17-18(11)5-7)10(20)14-2-6-1-13-4-8(6)19;/h3,5-6,8,13,19H,1-2,4H2,(H,14,20);1H. The minimum absolute atomic E-state index is 0. The maximum atomic E-state index is 12.0. The summed E-state index contributed by atoms with van der Waals surface area (Å²) >= 11 is 3.27. The van der Waals surface area contributed by atoms with Crippen molar-refractivity contribution in [1.29, 1.82) is 0 Å². The maximum Gasteiger partial charge on any atom is 0.291 e. The molecule has 1 fully saturated rings. The third-order valence-corrected chi connectivity index (χ3v) is 3.60. The number of carbonyl (C=O) groups is 1. The van der Waals surface area contributed by atoms with Gasteiger partial charge in [-0.25, -0.2) is 9.50 Å². The zero-order chi connectivity index (χ0) is 14.1. The minimum Gasteiger partial charge on any atom is -0.391 e. The highest BCUT2D eigenvalue weighted by Crippen LogP contribution is 2.09. The molecule has 2 aromatic heterocycles. The number of β-amino-alcohol motifs (C(OH)–C–C–N with tert-alkyl or cyclic N) is 1. The molecule has 0 radical (unpaired) electrons. The van der Waals surface area contributed by atoms with Gasteiger partial charge in [0, 0.05) is 37.9 Å². The van der Waals surface area contributed by atoms with E-state index in [-0.39, 0.29) is 30.1 Å². The molecular formula is C11H14BrClN6O2. The molecule has 0 spiro atoms. The summed E-state index contributed by atoms with van der Waals surface area (Å²) in [7, 11) is 0. The maximum absolute atomic E-state index is 12.0. The summed E-state index contributed by atoms with van der Waals surface area (Å²) in [6, 6.07) is 0. The van der Waals surface area contributed by atoms with E-state index in [0.717, 1.165) is 4.47 Å². The van der Waals surface area contributed by atoms with Gasteiger partial charge in [-0.3, -0.25) is 4.79 Å². The summed E-state index contributed by atoms with van der Waals surface area (Å²) in [5, 5.41) is 19.5. The van der Waals surface area contributed by atoms with Crippen molar-refractivity contribution < 1.29 is 9.90 Å². The lowest BCUT2D eigenvalue weighted by atomic mass is 10.1. The van der Waals surface area contributed by atoms with Crippen LogP contribution in [0, 0.1) is 5.92 Å². The van der Waals surface area contributed by atoms with E-state index in [2.05, 4.69) is 41.6 Å². The normalized spacial score (nSPS) is 21.2. The topological polar surface area (TPSA) is 104 Å². The van der Waals surface area contributed by atoms with E-state index in [1.165, 1.54) is 4.52 Å². The number of hydrogen-bond acceptors (Lipinski definition) is 6. The van der Waals surface area contributed by atoms with Gasteiger partial charge in [-0.15, -0.1) is 17.5 Å².